The summed E-state index contributed by atoms with van der Waals surface area (Å²) < 4.78 is 10.6. The molecule has 3 rings (SSSR count). The quantitative estimate of drug-likeness (QED) is 0.810. The first-order valence-corrected chi connectivity index (χ1v) is 7.07. The fraction of sp³-hybridized carbons (Fsp3) is 0.235. The Kier molecular flexibility index (Phi) is 3.63. The van der Waals surface area contributed by atoms with E-state index in [2.05, 4.69) is 10.2 Å². The van der Waals surface area contributed by atoms with Gasteiger partial charge in [-0.1, -0.05) is 42.5 Å². The van der Waals surface area contributed by atoms with E-state index < -0.39 is 11.5 Å². The molecule has 0 radical (unpaired) electrons. The van der Waals surface area contributed by atoms with Crippen LogP contribution in [-0.2, 0) is 15.1 Å². The predicted molar refractivity (Wildman–Crippen MR) is 81.4 cm³/mol. The lowest BCUT2D eigenvalue weighted by molar-refractivity contribution is -0.148. The molecule has 0 N–H and O–H groups in total. The maximum Gasteiger partial charge on any atom is 0.345 e. The van der Waals surface area contributed by atoms with Crippen LogP contribution >= 0.6 is 0 Å². The zero-order valence-corrected chi connectivity index (χ0v) is 12.4. The molecule has 0 spiro atoms. The Balaban J connectivity index is 2.24. The van der Waals surface area contributed by atoms with Crippen molar-refractivity contribution in [3.8, 4) is 5.75 Å². The van der Waals surface area contributed by atoms with Crippen LogP contribution in [0.5, 0.6) is 5.75 Å². The summed E-state index contributed by atoms with van der Waals surface area (Å²) >= 11 is 0. The number of esters is 1. The van der Waals surface area contributed by atoms with Gasteiger partial charge in [-0.2, -0.15) is 5.11 Å². The van der Waals surface area contributed by atoms with Gasteiger partial charge < -0.3 is 9.47 Å². The predicted octanol–water partition coefficient (Wildman–Crippen LogP) is 3.60. The first-order valence-electron chi connectivity index (χ1n) is 7.07. The Bertz CT molecular complexity index is 728. The summed E-state index contributed by atoms with van der Waals surface area (Å²) in [5.41, 5.74) is 0.712. The smallest absolute Gasteiger partial charge is 0.345 e. The average molecular weight is 296 g/mol. The maximum atomic E-state index is 12.7. The Labute approximate surface area is 128 Å². The van der Waals surface area contributed by atoms with Crippen molar-refractivity contribution in [1.29, 1.82) is 0 Å². The van der Waals surface area contributed by atoms with Crippen LogP contribution < -0.4 is 4.74 Å². The van der Waals surface area contributed by atoms with E-state index in [-0.39, 0.29) is 6.61 Å². The van der Waals surface area contributed by atoms with E-state index in [0.717, 1.165) is 5.56 Å². The van der Waals surface area contributed by atoms with Crippen molar-refractivity contribution in [3.63, 3.8) is 0 Å². The average Bonchev–Trinajstić information content (AvgIpc) is 2.96. The lowest BCUT2D eigenvalue weighted by Crippen LogP contribution is -2.35. The number of carbonyl (C=O) groups excluding carboxylic acids is 1. The molecule has 112 valence electrons. The summed E-state index contributed by atoms with van der Waals surface area (Å²) in [7, 11) is 1.57. The molecular weight excluding hydrogens is 280 g/mol. The molecule has 0 fully saturated rings. The van der Waals surface area contributed by atoms with Crippen molar-refractivity contribution in [3.05, 3.63) is 59.7 Å². The fourth-order valence-electron chi connectivity index (χ4n) is 2.66. The van der Waals surface area contributed by atoms with Crippen LogP contribution in [0.25, 0.3) is 0 Å². The molecule has 0 bridgehead atoms. The Morgan fingerprint density at radius 2 is 1.91 bits per heavy atom. The van der Waals surface area contributed by atoms with E-state index in [9.17, 15) is 4.79 Å². The molecule has 5 nitrogen and oxygen atoms in total. The number of ether oxygens (including phenoxy) is 2. The van der Waals surface area contributed by atoms with Gasteiger partial charge in [-0.25, -0.2) is 4.79 Å². The molecule has 1 heterocycles. The van der Waals surface area contributed by atoms with E-state index in [4.69, 9.17) is 9.47 Å². The lowest BCUT2D eigenvalue weighted by Gasteiger charge is -2.24. The summed E-state index contributed by atoms with van der Waals surface area (Å²) in [4.78, 5) is 12.7. The second-order valence-corrected chi connectivity index (χ2v) is 4.85. The largest absolute Gasteiger partial charge is 0.494 e. The molecule has 22 heavy (non-hydrogen) atoms. The van der Waals surface area contributed by atoms with Crippen LogP contribution in [0, 0.1) is 0 Å². The molecule has 0 saturated heterocycles. The number of azo groups is 1. The number of methoxy groups -OCH3 is 1. The minimum absolute atomic E-state index is 0.280. The minimum atomic E-state index is -1.26. The zero-order valence-electron chi connectivity index (χ0n) is 12.4. The number of carbonyl (C=O) groups is 1. The molecule has 1 aliphatic heterocycles. The Morgan fingerprint density at radius 1 is 1.14 bits per heavy atom. The third-order valence-corrected chi connectivity index (χ3v) is 3.67. The Hall–Kier alpha value is -2.69. The molecular formula is C17H16N2O3. The molecule has 1 aliphatic rings. The number of hydrogen-bond acceptors (Lipinski definition) is 5. The number of benzene rings is 2. The Morgan fingerprint density at radius 3 is 2.59 bits per heavy atom. The number of hydrogen-bond donors (Lipinski definition) is 0. The maximum absolute atomic E-state index is 12.7. The minimum Gasteiger partial charge on any atom is -0.494 e. The number of nitrogens with zero attached hydrogens (tertiary/aromatic N) is 2. The summed E-state index contributed by atoms with van der Waals surface area (Å²) in [6.45, 7) is 2.05. The highest BCUT2D eigenvalue weighted by Gasteiger charge is 2.49. The van der Waals surface area contributed by atoms with Gasteiger partial charge in [-0.3, -0.25) is 0 Å². The highest BCUT2D eigenvalue weighted by atomic mass is 16.5. The monoisotopic (exact) mass is 296 g/mol. The van der Waals surface area contributed by atoms with Crippen molar-refractivity contribution in [1.82, 2.24) is 0 Å². The molecule has 2 aromatic rings. The van der Waals surface area contributed by atoms with E-state index >= 15 is 0 Å². The van der Waals surface area contributed by atoms with Gasteiger partial charge in [0.1, 0.15) is 11.4 Å². The van der Waals surface area contributed by atoms with E-state index in [0.29, 0.717) is 17.0 Å². The van der Waals surface area contributed by atoms with Crippen molar-refractivity contribution in [2.75, 3.05) is 13.7 Å². The third-order valence-electron chi connectivity index (χ3n) is 3.67. The third kappa shape index (κ3) is 1.97. The standard InChI is InChI=1S/C17H16N2O3/c1-3-22-16(20)17(12-8-5-4-6-9-12)13-10-7-11-14(21-2)15(13)18-19-17/h4-11H,3H2,1-2H3. The topological polar surface area (TPSA) is 60.2 Å². The fourth-order valence-corrected chi connectivity index (χ4v) is 2.66. The molecule has 2 aromatic carbocycles. The molecule has 0 amide bonds. The van der Waals surface area contributed by atoms with Gasteiger partial charge in [0.15, 0.2) is 0 Å². The molecule has 0 saturated carbocycles. The molecule has 0 aliphatic carbocycles. The van der Waals surface area contributed by atoms with Gasteiger partial charge >= 0.3 is 5.97 Å². The van der Waals surface area contributed by atoms with Crippen LogP contribution in [-0.4, -0.2) is 19.7 Å². The summed E-state index contributed by atoms with van der Waals surface area (Å²) in [6, 6.07) is 14.8. The van der Waals surface area contributed by atoms with Gasteiger partial charge in [0, 0.05) is 5.56 Å². The number of fused-ring (bicyclic) bond motifs is 1. The lowest BCUT2D eigenvalue weighted by atomic mass is 9.83. The summed E-state index contributed by atoms with van der Waals surface area (Å²) in [5, 5.41) is 8.51. The molecule has 5 heteroatoms. The van der Waals surface area contributed by atoms with Crippen molar-refractivity contribution < 1.29 is 14.3 Å². The zero-order chi connectivity index (χ0) is 15.6. The van der Waals surface area contributed by atoms with Gasteiger partial charge in [0.2, 0.25) is 5.54 Å². The van der Waals surface area contributed by atoms with Crippen molar-refractivity contribution in [2.24, 2.45) is 10.2 Å². The second kappa shape index (κ2) is 5.60. The SMILES string of the molecule is CCOC(=O)C1(c2ccccc2)N=Nc2c(OC)cccc21. The first-order chi connectivity index (χ1) is 10.7. The van der Waals surface area contributed by atoms with Crippen LogP contribution in [0.15, 0.2) is 58.8 Å². The summed E-state index contributed by atoms with van der Waals surface area (Å²) in [6.07, 6.45) is 0. The van der Waals surface area contributed by atoms with E-state index in [1.165, 1.54) is 0 Å². The van der Waals surface area contributed by atoms with Gasteiger partial charge in [-0.05, 0) is 18.6 Å². The first kappa shape index (κ1) is 14.3. The van der Waals surface area contributed by atoms with Crippen molar-refractivity contribution >= 4 is 11.7 Å². The number of rotatable bonds is 4. The second-order valence-electron chi connectivity index (χ2n) is 4.85. The molecule has 0 aromatic heterocycles. The molecule has 1 atom stereocenters. The highest BCUT2D eigenvalue weighted by molar-refractivity contribution is 5.91. The van der Waals surface area contributed by atoms with Crippen LogP contribution in [0.2, 0.25) is 0 Å². The molecule has 1 unspecified atom stereocenters. The van der Waals surface area contributed by atoms with Crippen LogP contribution in [0.1, 0.15) is 18.1 Å². The highest BCUT2D eigenvalue weighted by Crippen LogP contribution is 2.49. The van der Waals surface area contributed by atoms with Crippen LogP contribution in [0.3, 0.4) is 0 Å². The van der Waals surface area contributed by atoms with Gasteiger partial charge in [-0.15, -0.1) is 5.11 Å². The van der Waals surface area contributed by atoms with Gasteiger partial charge in [0.05, 0.1) is 13.7 Å². The van der Waals surface area contributed by atoms with Crippen LogP contribution in [0.4, 0.5) is 5.69 Å². The van der Waals surface area contributed by atoms with E-state index in [1.807, 2.05) is 42.5 Å². The normalized spacial score (nSPS) is 18.8. The van der Waals surface area contributed by atoms with Gasteiger partial charge in [0.25, 0.3) is 0 Å². The van der Waals surface area contributed by atoms with E-state index in [1.54, 1.807) is 20.1 Å². The summed E-state index contributed by atoms with van der Waals surface area (Å²) in [5.74, 6) is 0.153. The van der Waals surface area contributed by atoms with Crippen molar-refractivity contribution in [2.45, 2.75) is 12.5 Å².